The number of rotatable bonds is 8. The predicted octanol–water partition coefficient (Wildman–Crippen LogP) is 2.72. The van der Waals surface area contributed by atoms with Gasteiger partial charge in [0.2, 0.25) is 0 Å². The summed E-state index contributed by atoms with van der Waals surface area (Å²) in [5, 5.41) is 4.37. The van der Waals surface area contributed by atoms with Gasteiger partial charge in [0.1, 0.15) is 0 Å². The number of hydrogen-bond acceptors (Lipinski definition) is 3. The lowest BCUT2D eigenvalue weighted by atomic mass is 10.1. The van der Waals surface area contributed by atoms with Crippen LogP contribution in [0.4, 0.5) is 0 Å². The zero-order valence-electron chi connectivity index (χ0n) is 16.1. The number of nitrogens with zero attached hydrogens (tertiary/aromatic N) is 3. The molecule has 1 N–H and O–H groups in total. The van der Waals surface area contributed by atoms with E-state index in [2.05, 4.69) is 65.1 Å². The Kier molecular flexibility index (Phi) is 8.65. The lowest BCUT2D eigenvalue weighted by Crippen LogP contribution is -2.51. The molecule has 140 valence electrons. The van der Waals surface area contributed by atoms with E-state index in [1.165, 1.54) is 11.1 Å². The van der Waals surface area contributed by atoms with Crippen LogP contribution < -0.4 is 5.32 Å². The predicted molar refractivity (Wildman–Crippen MR) is 111 cm³/mol. The Morgan fingerprint density at radius 1 is 1.12 bits per heavy atom. The second-order valence-corrected chi connectivity index (χ2v) is 7.19. The van der Waals surface area contributed by atoms with E-state index in [1.54, 1.807) is 0 Å². The summed E-state index contributed by atoms with van der Waals surface area (Å²) in [5.74, 6) is 0. The Morgan fingerprint density at radius 2 is 1.80 bits per heavy atom. The third-order valence-corrected chi connectivity index (χ3v) is 5.54. The van der Waals surface area contributed by atoms with Gasteiger partial charge in [-0.2, -0.15) is 0 Å². The summed E-state index contributed by atoms with van der Waals surface area (Å²) in [6.07, 6.45) is 1.15. The first-order valence-electron chi connectivity index (χ1n) is 9.66. The number of piperazine rings is 1. The van der Waals surface area contributed by atoms with E-state index in [0.29, 0.717) is 0 Å². The number of benzene rings is 1. The molecule has 1 aromatic rings. The van der Waals surface area contributed by atoms with E-state index in [-0.39, 0.29) is 0 Å². The first-order chi connectivity index (χ1) is 12.1. The molecule has 0 bridgehead atoms. The molecule has 1 heterocycles. The number of hydrogen-bond donors (Lipinski definition) is 1. The number of nitrogens with one attached hydrogen (secondary N) is 1. The molecule has 0 spiro atoms. The molecule has 4 nitrogen and oxygen atoms in total. The molecular formula is C20H34N4S. The maximum absolute atomic E-state index is 5.58. The van der Waals surface area contributed by atoms with Gasteiger partial charge in [-0.25, -0.2) is 0 Å². The highest BCUT2D eigenvalue weighted by atomic mass is 32.1. The number of thiocarbonyl (C=S) groups is 1. The second-order valence-electron chi connectivity index (χ2n) is 6.80. The Hall–Kier alpha value is -1.17. The summed E-state index contributed by atoms with van der Waals surface area (Å²) < 4.78 is 0. The molecule has 0 saturated carbocycles. The Balaban J connectivity index is 1.65. The molecule has 2 rings (SSSR count). The minimum Gasteiger partial charge on any atom is -0.363 e. The van der Waals surface area contributed by atoms with Gasteiger partial charge >= 0.3 is 0 Å². The van der Waals surface area contributed by atoms with E-state index >= 15 is 0 Å². The summed E-state index contributed by atoms with van der Waals surface area (Å²) in [4.78, 5) is 7.30. The molecule has 0 radical (unpaired) electrons. The fourth-order valence-electron chi connectivity index (χ4n) is 3.29. The Bertz CT molecular complexity index is 522. The number of aryl methyl sites for hydroxylation is 1. The van der Waals surface area contributed by atoms with Crippen LogP contribution in [-0.2, 0) is 6.54 Å². The van der Waals surface area contributed by atoms with Crippen LogP contribution in [0.1, 0.15) is 31.4 Å². The molecule has 1 saturated heterocycles. The largest absolute Gasteiger partial charge is 0.363 e. The molecule has 1 aliphatic rings. The molecule has 1 aromatic carbocycles. The molecule has 0 aromatic heterocycles. The SMILES string of the molecule is CCN(CC)CCCNC(=S)N1CCN(Cc2ccccc2C)CC1. The zero-order valence-corrected chi connectivity index (χ0v) is 16.9. The maximum atomic E-state index is 5.58. The summed E-state index contributed by atoms with van der Waals surface area (Å²) in [6, 6.07) is 8.68. The van der Waals surface area contributed by atoms with Crippen LogP contribution >= 0.6 is 12.2 Å². The summed E-state index contributed by atoms with van der Waals surface area (Å²) >= 11 is 5.58. The van der Waals surface area contributed by atoms with Crippen molar-refractivity contribution in [1.82, 2.24) is 20.0 Å². The first kappa shape index (κ1) is 20.1. The smallest absolute Gasteiger partial charge is 0.169 e. The summed E-state index contributed by atoms with van der Waals surface area (Å²) in [6.45, 7) is 16.3. The van der Waals surface area contributed by atoms with Crippen molar-refractivity contribution in [3.05, 3.63) is 35.4 Å². The second kappa shape index (κ2) is 10.7. The van der Waals surface area contributed by atoms with Crippen molar-refractivity contribution >= 4 is 17.3 Å². The van der Waals surface area contributed by atoms with Gasteiger partial charge in [-0.15, -0.1) is 0 Å². The van der Waals surface area contributed by atoms with E-state index < -0.39 is 0 Å². The average molecular weight is 363 g/mol. The maximum Gasteiger partial charge on any atom is 0.169 e. The first-order valence-corrected chi connectivity index (χ1v) is 10.1. The van der Waals surface area contributed by atoms with Crippen LogP contribution in [0.25, 0.3) is 0 Å². The molecule has 0 atom stereocenters. The van der Waals surface area contributed by atoms with E-state index in [4.69, 9.17) is 12.2 Å². The Morgan fingerprint density at radius 3 is 2.44 bits per heavy atom. The molecule has 1 aliphatic heterocycles. The van der Waals surface area contributed by atoms with Crippen molar-refractivity contribution < 1.29 is 0 Å². The highest BCUT2D eigenvalue weighted by Gasteiger charge is 2.19. The van der Waals surface area contributed by atoms with Crippen molar-refractivity contribution in [2.24, 2.45) is 0 Å². The fourth-order valence-corrected chi connectivity index (χ4v) is 3.57. The normalized spacial score (nSPS) is 15.6. The molecule has 25 heavy (non-hydrogen) atoms. The van der Waals surface area contributed by atoms with Crippen LogP contribution in [0.5, 0.6) is 0 Å². The highest BCUT2D eigenvalue weighted by Crippen LogP contribution is 2.12. The third-order valence-electron chi connectivity index (χ3n) is 5.14. The van der Waals surface area contributed by atoms with Gasteiger partial charge < -0.3 is 15.1 Å². The molecule has 0 unspecified atom stereocenters. The molecule has 0 amide bonds. The van der Waals surface area contributed by atoms with Crippen molar-refractivity contribution in [3.63, 3.8) is 0 Å². The third kappa shape index (κ3) is 6.57. The van der Waals surface area contributed by atoms with Crippen molar-refractivity contribution in [2.75, 3.05) is 52.4 Å². The van der Waals surface area contributed by atoms with Gasteiger partial charge in [0.05, 0.1) is 0 Å². The molecule has 1 fully saturated rings. The van der Waals surface area contributed by atoms with Gasteiger partial charge in [0.15, 0.2) is 5.11 Å². The lowest BCUT2D eigenvalue weighted by Gasteiger charge is -2.36. The lowest BCUT2D eigenvalue weighted by molar-refractivity contribution is 0.174. The monoisotopic (exact) mass is 362 g/mol. The highest BCUT2D eigenvalue weighted by molar-refractivity contribution is 7.80. The summed E-state index contributed by atoms with van der Waals surface area (Å²) in [7, 11) is 0. The minimum atomic E-state index is 0.926. The standard InChI is InChI=1S/C20H34N4S/c1-4-22(5-2)12-8-11-21-20(25)24-15-13-23(14-16-24)17-19-10-7-6-9-18(19)3/h6-7,9-10H,4-5,8,11-17H2,1-3H3,(H,21,25). The topological polar surface area (TPSA) is 21.8 Å². The van der Waals surface area contributed by atoms with E-state index in [1.807, 2.05) is 0 Å². The van der Waals surface area contributed by atoms with Gasteiger partial charge in [0.25, 0.3) is 0 Å². The van der Waals surface area contributed by atoms with Gasteiger partial charge in [-0.3, -0.25) is 4.90 Å². The Labute approximate surface area is 159 Å². The van der Waals surface area contributed by atoms with Crippen molar-refractivity contribution in [2.45, 2.75) is 33.7 Å². The van der Waals surface area contributed by atoms with Gasteiger partial charge in [-0.1, -0.05) is 38.1 Å². The van der Waals surface area contributed by atoms with Crippen molar-refractivity contribution in [1.29, 1.82) is 0 Å². The van der Waals surface area contributed by atoms with E-state index in [0.717, 1.165) is 70.4 Å². The average Bonchev–Trinajstić information content (AvgIpc) is 2.64. The fraction of sp³-hybridized carbons (Fsp3) is 0.650. The van der Waals surface area contributed by atoms with Crippen LogP contribution in [0, 0.1) is 6.92 Å². The van der Waals surface area contributed by atoms with Crippen LogP contribution in [0.2, 0.25) is 0 Å². The van der Waals surface area contributed by atoms with Gasteiger partial charge in [-0.05, 0) is 56.3 Å². The molecule has 0 aliphatic carbocycles. The van der Waals surface area contributed by atoms with Crippen LogP contribution in [0.3, 0.4) is 0 Å². The van der Waals surface area contributed by atoms with Crippen molar-refractivity contribution in [3.8, 4) is 0 Å². The zero-order chi connectivity index (χ0) is 18.1. The van der Waals surface area contributed by atoms with Gasteiger partial charge in [0, 0.05) is 39.3 Å². The quantitative estimate of drug-likeness (QED) is 0.565. The summed E-state index contributed by atoms with van der Waals surface area (Å²) in [5.41, 5.74) is 2.82. The van der Waals surface area contributed by atoms with Crippen LogP contribution in [-0.4, -0.2) is 72.2 Å². The minimum absolute atomic E-state index is 0.926. The van der Waals surface area contributed by atoms with Crippen LogP contribution in [0.15, 0.2) is 24.3 Å². The molecule has 5 heteroatoms. The molecular weight excluding hydrogens is 328 g/mol. The van der Waals surface area contributed by atoms with E-state index in [9.17, 15) is 0 Å².